The van der Waals surface area contributed by atoms with E-state index in [4.69, 9.17) is 4.74 Å². The Morgan fingerprint density at radius 2 is 1.93 bits per heavy atom. The van der Waals surface area contributed by atoms with Gasteiger partial charge in [0.25, 0.3) is 0 Å². The molecular formula is C11H15FO2. The highest BCUT2D eigenvalue weighted by molar-refractivity contribution is 5.41. The number of aliphatic hydroxyl groups is 1. The molecule has 1 aromatic carbocycles. The van der Waals surface area contributed by atoms with Gasteiger partial charge in [0, 0.05) is 5.56 Å². The molecule has 0 bridgehead atoms. The Labute approximate surface area is 83.3 Å². The summed E-state index contributed by atoms with van der Waals surface area (Å²) >= 11 is 0. The van der Waals surface area contributed by atoms with Crippen LogP contribution in [0.1, 0.15) is 25.0 Å². The van der Waals surface area contributed by atoms with E-state index in [1.165, 1.54) is 13.2 Å². The van der Waals surface area contributed by atoms with Gasteiger partial charge in [-0.25, -0.2) is 4.39 Å². The third-order valence-corrected chi connectivity index (χ3v) is 2.14. The van der Waals surface area contributed by atoms with Crippen molar-refractivity contribution >= 4 is 0 Å². The molecule has 0 radical (unpaired) electrons. The third kappa shape index (κ3) is 2.04. The van der Waals surface area contributed by atoms with Crippen molar-refractivity contribution in [3.05, 3.63) is 29.1 Å². The van der Waals surface area contributed by atoms with Crippen molar-refractivity contribution in [2.45, 2.75) is 26.4 Å². The number of hydrogen-bond acceptors (Lipinski definition) is 2. The Hall–Kier alpha value is -1.09. The van der Waals surface area contributed by atoms with Crippen molar-refractivity contribution in [3.8, 4) is 5.75 Å². The maximum atomic E-state index is 13.3. The number of ether oxygens (including phenoxy) is 1. The summed E-state index contributed by atoms with van der Waals surface area (Å²) in [5.41, 5.74) is -0.127. The predicted octanol–water partition coefficient (Wildman–Crippen LogP) is 2.37. The Morgan fingerprint density at radius 3 is 2.36 bits per heavy atom. The van der Waals surface area contributed by atoms with E-state index in [9.17, 15) is 9.50 Å². The SMILES string of the molecule is COc1cc(C)c(F)cc1C(C)(C)O. The summed E-state index contributed by atoms with van der Waals surface area (Å²) in [6.07, 6.45) is 0. The number of aryl methyl sites for hydroxylation is 1. The van der Waals surface area contributed by atoms with E-state index in [-0.39, 0.29) is 5.82 Å². The smallest absolute Gasteiger partial charge is 0.126 e. The lowest BCUT2D eigenvalue weighted by Crippen LogP contribution is -2.17. The predicted molar refractivity (Wildman–Crippen MR) is 52.9 cm³/mol. The minimum atomic E-state index is -1.10. The molecule has 0 spiro atoms. The molecule has 0 aliphatic heterocycles. The zero-order valence-electron chi connectivity index (χ0n) is 8.89. The summed E-state index contributed by atoms with van der Waals surface area (Å²) in [5, 5.41) is 9.77. The van der Waals surface area contributed by atoms with Gasteiger partial charge in [0.1, 0.15) is 11.6 Å². The van der Waals surface area contributed by atoms with E-state index in [1.54, 1.807) is 26.8 Å². The van der Waals surface area contributed by atoms with Crippen molar-refractivity contribution in [2.24, 2.45) is 0 Å². The van der Waals surface area contributed by atoms with Crippen molar-refractivity contribution in [1.29, 1.82) is 0 Å². The van der Waals surface area contributed by atoms with E-state index < -0.39 is 5.60 Å². The van der Waals surface area contributed by atoms with Crippen LogP contribution >= 0.6 is 0 Å². The average molecular weight is 198 g/mol. The monoisotopic (exact) mass is 198 g/mol. The first-order valence-electron chi connectivity index (χ1n) is 4.43. The summed E-state index contributed by atoms with van der Waals surface area (Å²) in [7, 11) is 1.50. The second-order valence-electron chi connectivity index (χ2n) is 3.86. The van der Waals surface area contributed by atoms with Crippen LogP contribution in [0.2, 0.25) is 0 Å². The molecule has 2 nitrogen and oxygen atoms in total. The van der Waals surface area contributed by atoms with Gasteiger partial charge in [-0.2, -0.15) is 0 Å². The summed E-state index contributed by atoms with van der Waals surface area (Å²) < 4.78 is 18.3. The van der Waals surface area contributed by atoms with Crippen LogP contribution in [0.5, 0.6) is 5.75 Å². The maximum absolute atomic E-state index is 13.3. The lowest BCUT2D eigenvalue weighted by molar-refractivity contribution is 0.0752. The molecule has 0 saturated heterocycles. The highest BCUT2D eigenvalue weighted by Crippen LogP contribution is 2.31. The van der Waals surface area contributed by atoms with Gasteiger partial charge in [-0.1, -0.05) is 0 Å². The van der Waals surface area contributed by atoms with Crippen LogP contribution in [-0.2, 0) is 5.60 Å². The first-order chi connectivity index (χ1) is 6.36. The number of hydrogen-bond donors (Lipinski definition) is 1. The highest BCUT2D eigenvalue weighted by Gasteiger charge is 2.22. The van der Waals surface area contributed by atoms with Crippen LogP contribution in [0.15, 0.2) is 12.1 Å². The van der Waals surface area contributed by atoms with Gasteiger partial charge >= 0.3 is 0 Å². The van der Waals surface area contributed by atoms with Crippen LogP contribution in [0.4, 0.5) is 4.39 Å². The second-order valence-corrected chi connectivity index (χ2v) is 3.86. The minimum absolute atomic E-state index is 0.331. The summed E-state index contributed by atoms with van der Waals surface area (Å²) in [5.74, 6) is 0.180. The molecule has 0 heterocycles. The molecule has 78 valence electrons. The third-order valence-electron chi connectivity index (χ3n) is 2.14. The molecule has 1 rings (SSSR count). The van der Waals surface area contributed by atoms with E-state index >= 15 is 0 Å². The van der Waals surface area contributed by atoms with Crippen LogP contribution in [-0.4, -0.2) is 12.2 Å². The molecule has 3 heteroatoms. The lowest BCUT2D eigenvalue weighted by atomic mass is 9.96. The topological polar surface area (TPSA) is 29.5 Å². The van der Waals surface area contributed by atoms with E-state index in [2.05, 4.69) is 0 Å². The van der Waals surface area contributed by atoms with Gasteiger partial charge in [0.15, 0.2) is 0 Å². The molecule has 0 saturated carbocycles. The Balaban J connectivity index is 3.35. The van der Waals surface area contributed by atoms with Crippen LogP contribution in [0.25, 0.3) is 0 Å². The quantitative estimate of drug-likeness (QED) is 0.790. The number of benzene rings is 1. The zero-order valence-corrected chi connectivity index (χ0v) is 8.89. The summed E-state index contributed by atoms with van der Waals surface area (Å²) in [6, 6.07) is 2.90. The van der Waals surface area contributed by atoms with Crippen LogP contribution < -0.4 is 4.74 Å². The summed E-state index contributed by atoms with van der Waals surface area (Å²) in [6.45, 7) is 4.85. The Kier molecular flexibility index (Phi) is 2.81. The molecule has 0 aromatic heterocycles. The molecule has 1 aromatic rings. The second kappa shape index (κ2) is 3.58. The van der Waals surface area contributed by atoms with Gasteiger partial charge in [-0.15, -0.1) is 0 Å². The average Bonchev–Trinajstić information content (AvgIpc) is 2.07. The van der Waals surface area contributed by atoms with Crippen molar-refractivity contribution in [1.82, 2.24) is 0 Å². The molecule has 0 atom stereocenters. The normalized spacial score (nSPS) is 11.6. The van der Waals surface area contributed by atoms with Crippen molar-refractivity contribution in [3.63, 3.8) is 0 Å². The number of methoxy groups -OCH3 is 1. The zero-order chi connectivity index (χ0) is 10.9. The fourth-order valence-electron chi connectivity index (χ4n) is 1.30. The Morgan fingerprint density at radius 1 is 1.36 bits per heavy atom. The first kappa shape index (κ1) is 11.0. The van der Waals surface area contributed by atoms with Gasteiger partial charge in [0.2, 0.25) is 0 Å². The fraction of sp³-hybridized carbons (Fsp3) is 0.455. The first-order valence-corrected chi connectivity index (χ1v) is 4.43. The van der Waals surface area contributed by atoms with Gasteiger partial charge in [-0.3, -0.25) is 0 Å². The highest BCUT2D eigenvalue weighted by atomic mass is 19.1. The van der Waals surface area contributed by atoms with E-state index in [0.717, 1.165) is 0 Å². The number of rotatable bonds is 2. The molecule has 0 aliphatic rings. The van der Waals surface area contributed by atoms with Crippen molar-refractivity contribution < 1.29 is 14.2 Å². The van der Waals surface area contributed by atoms with Gasteiger partial charge in [-0.05, 0) is 38.5 Å². The van der Waals surface area contributed by atoms with Crippen LogP contribution in [0.3, 0.4) is 0 Å². The molecular weight excluding hydrogens is 183 g/mol. The molecule has 14 heavy (non-hydrogen) atoms. The Bertz CT molecular complexity index is 340. The fourth-order valence-corrected chi connectivity index (χ4v) is 1.30. The molecule has 0 fully saturated rings. The van der Waals surface area contributed by atoms with Crippen molar-refractivity contribution in [2.75, 3.05) is 7.11 Å². The van der Waals surface area contributed by atoms with E-state index in [1.807, 2.05) is 0 Å². The molecule has 0 unspecified atom stereocenters. The van der Waals surface area contributed by atoms with Gasteiger partial charge in [0.05, 0.1) is 12.7 Å². The molecule has 0 aliphatic carbocycles. The lowest BCUT2D eigenvalue weighted by Gasteiger charge is -2.21. The van der Waals surface area contributed by atoms with Crippen LogP contribution in [0, 0.1) is 12.7 Å². The minimum Gasteiger partial charge on any atom is -0.496 e. The molecule has 0 amide bonds. The maximum Gasteiger partial charge on any atom is 0.126 e. The molecule has 1 N–H and O–H groups in total. The summed E-state index contributed by atoms with van der Waals surface area (Å²) in [4.78, 5) is 0. The standard InChI is InChI=1S/C11H15FO2/c1-7-5-10(14-4)8(6-9(7)12)11(2,3)13/h5-6,13H,1-4H3. The largest absolute Gasteiger partial charge is 0.496 e. The van der Waals surface area contributed by atoms with E-state index in [0.29, 0.717) is 16.9 Å². The van der Waals surface area contributed by atoms with Gasteiger partial charge < -0.3 is 9.84 Å². The number of halogens is 1.